The van der Waals surface area contributed by atoms with Crippen LogP contribution in [0.2, 0.25) is 0 Å². The number of rotatable bonds is 5. The first kappa shape index (κ1) is 19.4. The molecule has 4 rings (SSSR count). The molecule has 0 aliphatic carbocycles. The molecule has 29 heavy (non-hydrogen) atoms. The van der Waals surface area contributed by atoms with E-state index in [0.29, 0.717) is 11.3 Å². The largest absolute Gasteiger partial charge is 0.504 e. The lowest BCUT2D eigenvalue weighted by Crippen LogP contribution is -2.29. The van der Waals surface area contributed by atoms with Crippen molar-refractivity contribution in [3.63, 3.8) is 0 Å². The van der Waals surface area contributed by atoms with Crippen LogP contribution in [-0.4, -0.2) is 10.2 Å². The zero-order valence-electron chi connectivity index (χ0n) is 17.3. The van der Waals surface area contributed by atoms with Crippen molar-refractivity contribution in [1.82, 2.24) is 0 Å². The van der Waals surface area contributed by atoms with Gasteiger partial charge in [0.05, 0.1) is 5.56 Å². The number of fused-ring (bicyclic) bond motifs is 3. The van der Waals surface area contributed by atoms with Gasteiger partial charge >= 0.3 is 0 Å². The fourth-order valence-corrected chi connectivity index (χ4v) is 4.34. The molecule has 0 bridgehead atoms. The quantitative estimate of drug-likeness (QED) is 0.489. The molecule has 0 saturated carbocycles. The van der Waals surface area contributed by atoms with Crippen LogP contribution in [0, 0.1) is 0 Å². The molecular formula is C26H28O3. The minimum absolute atomic E-state index is 0.0333. The lowest BCUT2D eigenvalue weighted by molar-refractivity contribution is 0.105. The molecular weight excluding hydrogens is 360 g/mol. The predicted octanol–water partition coefficient (Wildman–Crippen LogP) is 6.52. The summed E-state index contributed by atoms with van der Waals surface area (Å²) in [7, 11) is 0. The first-order valence-corrected chi connectivity index (χ1v) is 10.3. The Morgan fingerprint density at radius 1 is 0.931 bits per heavy atom. The lowest BCUT2D eigenvalue weighted by atomic mass is 9.84. The first-order valence-electron chi connectivity index (χ1n) is 10.3. The Labute approximate surface area is 172 Å². The average molecular weight is 389 g/mol. The van der Waals surface area contributed by atoms with Gasteiger partial charge in [0, 0.05) is 11.1 Å². The summed E-state index contributed by atoms with van der Waals surface area (Å²) in [5.74, 6) is 0.622. The molecule has 0 fully saturated rings. The van der Waals surface area contributed by atoms with Crippen LogP contribution in [0.1, 0.15) is 56.2 Å². The van der Waals surface area contributed by atoms with Crippen LogP contribution in [0.4, 0.5) is 0 Å². The van der Waals surface area contributed by atoms with Gasteiger partial charge in [0.15, 0.2) is 11.5 Å². The highest BCUT2D eigenvalue weighted by Crippen LogP contribution is 2.54. The maximum absolute atomic E-state index is 10.9. The SMILES string of the molecule is CC(CCCc1ccccc1)c1cc2c(c(O)c1O)-c1ccccc1C(C)(C)O2. The molecule has 3 heteroatoms. The van der Waals surface area contributed by atoms with Gasteiger partial charge in [0.2, 0.25) is 0 Å². The molecule has 0 radical (unpaired) electrons. The Morgan fingerprint density at radius 2 is 1.62 bits per heavy atom. The molecule has 1 unspecified atom stereocenters. The third-order valence-electron chi connectivity index (χ3n) is 5.95. The molecule has 150 valence electrons. The van der Waals surface area contributed by atoms with Crippen molar-refractivity contribution in [2.45, 2.75) is 51.6 Å². The first-order chi connectivity index (χ1) is 13.9. The molecule has 1 heterocycles. The Kier molecular flexibility index (Phi) is 4.99. The molecule has 0 amide bonds. The summed E-state index contributed by atoms with van der Waals surface area (Å²) < 4.78 is 6.28. The van der Waals surface area contributed by atoms with Gasteiger partial charge < -0.3 is 14.9 Å². The Balaban J connectivity index is 1.63. The number of hydrogen-bond acceptors (Lipinski definition) is 3. The molecule has 0 saturated heterocycles. The Bertz CT molecular complexity index is 1020. The molecule has 1 atom stereocenters. The topological polar surface area (TPSA) is 49.7 Å². The maximum atomic E-state index is 10.9. The van der Waals surface area contributed by atoms with Gasteiger partial charge in [-0.25, -0.2) is 0 Å². The molecule has 3 aromatic rings. The summed E-state index contributed by atoms with van der Waals surface area (Å²) in [6, 6.07) is 20.2. The van der Waals surface area contributed by atoms with Crippen molar-refractivity contribution < 1.29 is 14.9 Å². The zero-order valence-corrected chi connectivity index (χ0v) is 17.3. The monoisotopic (exact) mass is 388 g/mol. The second kappa shape index (κ2) is 7.47. The summed E-state index contributed by atoms with van der Waals surface area (Å²) in [5, 5.41) is 21.7. The second-order valence-electron chi connectivity index (χ2n) is 8.47. The number of aromatic hydroxyl groups is 2. The maximum Gasteiger partial charge on any atom is 0.169 e. The van der Waals surface area contributed by atoms with Crippen molar-refractivity contribution in [1.29, 1.82) is 0 Å². The van der Waals surface area contributed by atoms with Crippen LogP contribution in [0.3, 0.4) is 0 Å². The van der Waals surface area contributed by atoms with Gasteiger partial charge in [-0.15, -0.1) is 0 Å². The summed E-state index contributed by atoms with van der Waals surface area (Å²) in [6.07, 6.45) is 2.93. The van der Waals surface area contributed by atoms with Crippen molar-refractivity contribution >= 4 is 0 Å². The molecule has 0 spiro atoms. The van der Waals surface area contributed by atoms with Gasteiger partial charge in [-0.05, 0) is 56.2 Å². The normalized spacial score (nSPS) is 15.1. The number of ether oxygens (including phenoxy) is 1. The summed E-state index contributed by atoms with van der Waals surface area (Å²) in [6.45, 7) is 6.15. The van der Waals surface area contributed by atoms with Gasteiger partial charge in [0.1, 0.15) is 11.4 Å². The minimum Gasteiger partial charge on any atom is -0.504 e. The Morgan fingerprint density at radius 3 is 2.38 bits per heavy atom. The highest BCUT2D eigenvalue weighted by atomic mass is 16.5. The molecule has 2 N–H and O–H groups in total. The van der Waals surface area contributed by atoms with E-state index in [1.54, 1.807) is 0 Å². The zero-order chi connectivity index (χ0) is 20.6. The van der Waals surface area contributed by atoms with Gasteiger partial charge in [-0.3, -0.25) is 0 Å². The number of hydrogen-bond donors (Lipinski definition) is 2. The van der Waals surface area contributed by atoms with Crippen LogP contribution >= 0.6 is 0 Å². The summed E-state index contributed by atoms with van der Waals surface area (Å²) in [5.41, 5.74) is 4.06. The van der Waals surface area contributed by atoms with Crippen LogP contribution in [0.15, 0.2) is 60.7 Å². The fourth-order valence-electron chi connectivity index (χ4n) is 4.34. The van der Waals surface area contributed by atoms with E-state index in [4.69, 9.17) is 4.74 Å². The molecule has 0 aromatic heterocycles. The smallest absolute Gasteiger partial charge is 0.169 e. The highest BCUT2D eigenvalue weighted by molar-refractivity contribution is 5.84. The lowest BCUT2D eigenvalue weighted by Gasteiger charge is -2.36. The van der Waals surface area contributed by atoms with Crippen molar-refractivity contribution in [3.05, 3.63) is 77.4 Å². The Hall–Kier alpha value is -2.94. The molecule has 3 aromatic carbocycles. The van der Waals surface area contributed by atoms with Crippen LogP contribution in [0.25, 0.3) is 11.1 Å². The standard InChI is InChI=1S/C26H28O3/c1-17(10-9-13-18-11-5-4-6-12-18)20-16-22-23(25(28)24(20)27)19-14-7-8-15-21(19)26(2,3)29-22/h4-8,11-12,14-17,27-28H,9-10,13H2,1-3H3. The van der Waals surface area contributed by atoms with E-state index in [0.717, 1.165) is 36.0 Å². The number of phenols is 2. The van der Waals surface area contributed by atoms with E-state index in [-0.39, 0.29) is 17.4 Å². The third kappa shape index (κ3) is 3.57. The van der Waals surface area contributed by atoms with Gasteiger partial charge in [-0.2, -0.15) is 0 Å². The minimum atomic E-state index is -0.499. The summed E-state index contributed by atoms with van der Waals surface area (Å²) in [4.78, 5) is 0. The third-order valence-corrected chi connectivity index (χ3v) is 5.95. The van der Waals surface area contributed by atoms with Crippen LogP contribution in [-0.2, 0) is 12.0 Å². The molecule has 1 aliphatic rings. The van der Waals surface area contributed by atoms with E-state index in [2.05, 4.69) is 31.2 Å². The van der Waals surface area contributed by atoms with E-state index in [9.17, 15) is 10.2 Å². The van der Waals surface area contributed by atoms with Crippen molar-refractivity contribution in [2.75, 3.05) is 0 Å². The summed E-state index contributed by atoms with van der Waals surface area (Å²) >= 11 is 0. The number of phenolic OH excluding ortho intramolecular Hbond substituents is 2. The fraction of sp³-hybridized carbons (Fsp3) is 0.308. The van der Waals surface area contributed by atoms with E-state index in [1.807, 2.05) is 50.2 Å². The van der Waals surface area contributed by atoms with Crippen LogP contribution in [0.5, 0.6) is 17.2 Å². The van der Waals surface area contributed by atoms with E-state index >= 15 is 0 Å². The highest BCUT2D eigenvalue weighted by Gasteiger charge is 2.35. The van der Waals surface area contributed by atoms with Gasteiger partial charge in [-0.1, -0.05) is 61.5 Å². The van der Waals surface area contributed by atoms with E-state index < -0.39 is 5.60 Å². The number of aryl methyl sites for hydroxylation is 1. The van der Waals surface area contributed by atoms with Gasteiger partial charge in [0.25, 0.3) is 0 Å². The predicted molar refractivity (Wildman–Crippen MR) is 117 cm³/mol. The van der Waals surface area contributed by atoms with Crippen molar-refractivity contribution in [3.8, 4) is 28.4 Å². The van der Waals surface area contributed by atoms with E-state index in [1.165, 1.54) is 5.56 Å². The number of benzene rings is 3. The average Bonchev–Trinajstić information content (AvgIpc) is 2.71. The van der Waals surface area contributed by atoms with Crippen LogP contribution < -0.4 is 4.74 Å². The van der Waals surface area contributed by atoms with Crippen molar-refractivity contribution in [2.24, 2.45) is 0 Å². The second-order valence-corrected chi connectivity index (χ2v) is 8.47. The molecule has 3 nitrogen and oxygen atoms in total. The molecule has 1 aliphatic heterocycles.